The molecule has 0 heterocycles. The molecule has 7 heteroatoms. The van der Waals surface area contributed by atoms with Crippen LogP contribution in [0.5, 0.6) is 0 Å². The first kappa shape index (κ1) is 16.0. The lowest BCUT2D eigenvalue weighted by atomic mass is 10.2. The average Bonchev–Trinajstić information content (AvgIpc) is 2.31. The first-order valence-corrected chi connectivity index (χ1v) is 7.43. The summed E-state index contributed by atoms with van der Waals surface area (Å²) >= 11 is 4.70. The van der Waals surface area contributed by atoms with Crippen LogP contribution in [0.15, 0.2) is 22.7 Å². The predicted octanol–water partition coefficient (Wildman–Crippen LogP) is 2.41. The highest BCUT2D eigenvalue weighted by molar-refractivity contribution is 9.10. The molecule has 19 heavy (non-hydrogen) atoms. The van der Waals surface area contributed by atoms with E-state index in [1.54, 1.807) is 0 Å². The van der Waals surface area contributed by atoms with Crippen LogP contribution in [-0.2, 0) is 15.3 Å². The third-order valence-electron chi connectivity index (χ3n) is 2.31. The Morgan fingerprint density at radius 1 is 1.53 bits per heavy atom. The quantitative estimate of drug-likeness (QED) is 0.558. The van der Waals surface area contributed by atoms with E-state index in [4.69, 9.17) is 5.11 Å². The molecule has 0 aliphatic carbocycles. The maximum Gasteiger partial charge on any atom is 0.326 e. The second kappa shape index (κ2) is 8.16. The lowest BCUT2D eigenvalue weighted by Gasteiger charge is -2.10. The summed E-state index contributed by atoms with van der Waals surface area (Å²) in [7, 11) is 0. The van der Waals surface area contributed by atoms with E-state index in [9.17, 15) is 14.0 Å². The number of nitrogens with one attached hydrogen (secondary N) is 1. The zero-order valence-electron chi connectivity index (χ0n) is 9.94. The van der Waals surface area contributed by atoms with Gasteiger partial charge < -0.3 is 10.4 Å². The SMILES string of the molecule is O=CNC(CCSCc1cc(F)cc(Br)c1)C(=O)O. The molecule has 0 saturated carbocycles. The van der Waals surface area contributed by atoms with Crippen LogP contribution >= 0.6 is 27.7 Å². The number of rotatable bonds is 8. The smallest absolute Gasteiger partial charge is 0.326 e. The minimum Gasteiger partial charge on any atom is -0.480 e. The third kappa shape index (κ3) is 6.07. The molecule has 4 nitrogen and oxygen atoms in total. The number of carboxylic acids is 1. The highest BCUT2D eigenvalue weighted by Gasteiger charge is 2.15. The minimum atomic E-state index is -1.05. The molecule has 0 spiro atoms. The van der Waals surface area contributed by atoms with Gasteiger partial charge in [0.05, 0.1) is 0 Å². The molecule has 0 aliphatic heterocycles. The highest BCUT2D eigenvalue weighted by Crippen LogP contribution is 2.19. The number of carboxylic acid groups (broad SMARTS) is 1. The van der Waals surface area contributed by atoms with Crippen molar-refractivity contribution in [1.29, 1.82) is 0 Å². The number of benzene rings is 1. The fourth-order valence-electron chi connectivity index (χ4n) is 1.45. The van der Waals surface area contributed by atoms with Crippen LogP contribution in [0.3, 0.4) is 0 Å². The molecule has 0 aromatic heterocycles. The number of amides is 1. The Bertz CT molecular complexity index is 438. The Balaban J connectivity index is 2.37. The minimum absolute atomic E-state index is 0.309. The van der Waals surface area contributed by atoms with E-state index in [1.807, 2.05) is 6.07 Å². The Morgan fingerprint density at radius 3 is 2.84 bits per heavy atom. The maximum atomic E-state index is 13.1. The van der Waals surface area contributed by atoms with Crippen molar-refractivity contribution in [3.05, 3.63) is 34.1 Å². The molecule has 0 radical (unpaired) electrons. The number of hydrogen-bond acceptors (Lipinski definition) is 3. The standard InChI is InChI=1S/C12H13BrFNO3S/c13-9-3-8(4-10(14)5-9)6-19-2-1-11(12(17)18)15-7-16/h3-5,7,11H,1-2,6H2,(H,15,16)(H,17,18). The third-order valence-corrected chi connectivity index (χ3v) is 3.83. The van der Waals surface area contributed by atoms with Crippen molar-refractivity contribution in [3.63, 3.8) is 0 Å². The Labute approximate surface area is 122 Å². The van der Waals surface area contributed by atoms with Crippen LogP contribution in [0.2, 0.25) is 0 Å². The van der Waals surface area contributed by atoms with Crippen molar-refractivity contribution in [3.8, 4) is 0 Å². The average molecular weight is 350 g/mol. The summed E-state index contributed by atoms with van der Waals surface area (Å²) in [5, 5.41) is 11.0. The van der Waals surface area contributed by atoms with Crippen LogP contribution in [0.1, 0.15) is 12.0 Å². The summed E-state index contributed by atoms with van der Waals surface area (Å²) in [6.45, 7) is 0. The molecule has 1 amide bonds. The molecule has 1 aromatic rings. The fourth-order valence-corrected chi connectivity index (χ4v) is 2.91. The van der Waals surface area contributed by atoms with E-state index in [0.717, 1.165) is 5.56 Å². The summed E-state index contributed by atoms with van der Waals surface area (Å²) in [6, 6.07) is 3.76. The molecule has 0 bridgehead atoms. The lowest BCUT2D eigenvalue weighted by Crippen LogP contribution is -2.36. The molecule has 0 aliphatic rings. The molecule has 1 rings (SSSR count). The molecule has 1 aromatic carbocycles. The van der Waals surface area contributed by atoms with Crippen molar-refractivity contribution in [2.45, 2.75) is 18.2 Å². The fraction of sp³-hybridized carbons (Fsp3) is 0.333. The van der Waals surface area contributed by atoms with E-state index < -0.39 is 12.0 Å². The Kier molecular flexibility index (Phi) is 6.86. The van der Waals surface area contributed by atoms with Crippen molar-refractivity contribution >= 4 is 40.1 Å². The number of carbonyl (C=O) groups excluding carboxylic acids is 1. The molecule has 0 saturated heterocycles. The molecular weight excluding hydrogens is 337 g/mol. The Hall–Kier alpha value is -1.08. The number of hydrogen-bond donors (Lipinski definition) is 2. The molecule has 1 unspecified atom stereocenters. The van der Waals surface area contributed by atoms with Crippen LogP contribution in [0.4, 0.5) is 4.39 Å². The van der Waals surface area contributed by atoms with E-state index >= 15 is 0 Å². The second-order valence-electron chi connectivity index (χ2n) is 3.79. The van der Waals surface area contributed by atoms with Gasteiger partial charge in [-0.25, -0.2) is 9.18 Å². The zero-order valence-corrected chi connectivity index (χ0v) is 12.3. The maximum absolute atomic E-state index is 13.1. The molecule has 104 valence electrons. The first-order chi connectivity index (χ1) is 9.02. The monoisotopic (exact) mass is 349 g/mol. The van der Waals surface area contributed by atoms with Gasteiger partial charge in [0.1, 0.15) is 11.9 Å². The summed E-state index contributed by atoms with van der Waals surface area (Å²) < 4.78 is 13.8. The van der Waals surface area contributed by atoms with Crippen molar-refractivity contribution in [1.82, 2.24) is 5.32 Å². The predicted molar refractivity (Wildman–Crippen MR) is 75.5 cm³/mol. The Morgan fingerprint density at radius 2 is 2.26 bits per heavy atom. The van der Waals surface area contributed by atoms with Gasteiger partial charge in [0.25, 0.3) is 0 Å². The number of aliphatic carboxylic acids is 1. The van der Waals surface area contributed by atoms with E-state index in [1.165, 1.54) is 23.9 Å². The van der Waals surface area contributed by atoms with Gasteiger partial charge >= 0.3 is 5.97 Å². The highest BCUT2D eigenvalue weighted by atomic mass is 79.9. The van der Waals surface area contributed by atoms with Gasteiger partial charge in [0.15, 0.2) is 0 Å². The van der Waals surface area contributed by atoms with Gasteiger partial charge in [-0.15, -0.1) is 0 Å². The number of carbonyl (C=O) groups is 2. The van der Waals surface area contributed by atoms with Crippen LogP contribution in [0.25, 0.3) is 0 Å². The summed E-state index contributed by atoms with van der Waals surface area (Å²) in [4.78, 5) is 21.0. The van der Waals surface area contributed by atoms with Crippen LogP contribution < -0.4 is 5.32 Å². The van der Waals surface area contributed by atoms with Gasteiger partial charge in [-0.05, 0) is 35.9 Å². The van der Waals surface area contributed by atoms with Crippen molar-refractivity contribution in [2.24, 2.45) is 0 Å². The van der Waals surface area contributed by atoms with Gasteiger partial charge in [-0.2, -0.15) is 11.8 Å². The summed E-state index contributed by atoms with van der Waals surface area (Å²) in [5.74, 6) is -0.215. The van der Waals surface area contributed by atoms with Crippen molar-refractivity contribution < 1.29 is 19.1 Å². The van der Waals surface area contributed by atoms with Gasteiger partial charge in [0.2, 0.25) is 6.41 Å². The molecule has 1 atom stereocenters. The lowest BCUT2D eigenvalue weighted by molar-refractivity contribution is -0.140. The van der Waals surface area contributed by atoms with Gasteiger partial charge in [-0.3, -0.25) is 4.79 Å². The van der Waals surface area contributed by atoms with Gasteiger partial charge in [-0.1, -0.05) is 15.9 Å². The summed E-state index contributed by atoms with van der Waals surface area (Å²) in [5.41, 5.74) is 0.826. The summed E-state index contributed by atoms with van der Waals surface area (Å²) in [6.07, 6.45) is 0.711. The second-order valence-corrected chi connectivity index (χ2v) is 5.82. The molecule has 2 N–H and O–H groups in total. The van der Waals surface area contributed by atoms with Crippen LogP contribution in [0, 0.1) is 5.82 Å². The van der Waals surface area contributed by atoms with Gasteiger partial charge in [0, 0.05) is 10.2 Å². The van der Waals surface area contributed by atoms with E-state index in [0.29, 0.717) is 28.8 Å². The zero-order chi connectivity index (χ0) is 14.3. The van der Waals surface area contributed by atoms with Crippen LogP contribution in [-0.4, -0.2) is 29.3 Å². The molecule has 0 fully saturated rings. The normalized spacial score (nSPS) is 11.9. The van der Waals surface area contributed by atoms with Crippen molar-refractivity contribution in [2.75, 3.05) is 5.75 Å². The van der Waals surface area contributed by atoms with E-state index in [2.05, 4.69) is 21.2 Å². The largest absolute Gasteiger partial charge is 0.480 e. The topological polar surface area (TPSA) is 66.4 Å². The first-order valence-electron chi connectivity index (χ1n) is 5.48. The number of thioether (sulfide) groups is 1. The number of halogens is 2. The van der Waals surface area contributed by atoms with E-state index in [-0.39, 0.29) is 5.82 Å². The molecular formula is C12H13BrFNO3S.